The molecule has 538 valence electrons. The molecule has 0 heterocycles. The average molecular weight is 1450 g/mol. The second kappa shape index (κ2) is 32.2. The van der Waals surface area contributed by atoms with E-state index in [-0.39, 0.29) is 0 Å². The van der Waals surface area contributed by atoms with Crippen LogP contribution in [0.1, 0.15) is 26.3 Å². The van der Waals surface area contributed by atoms with Gasteiger partial charge in [-0.15, -0.1) is 0 Å². The molecule has 0 aliphatic rings. The first-order valence-electron chi connectivity index (χ1n) is 38.0. The summed E-state index contributed by atoms with van der Waals surface area (Å²) in [6, 6.07) is 151. The molecule has 0 unspecified atom stereocenters. The highest BCUT2D eigenvalue weighted by Crippen LogP contribution is 2.54. The van der Waals surface area contributed by atoms with Crippen LogP contribution in [0, 0.1) is 0 Å². The monoisotopic (exact) mass is 1440 g/mol. The molecule has 0 amide bonds. The third-order valence-corrected chi connectivity index (χ3v) is 20.1. The number of rotatable bonds is 22. The molecule has 0 radical (unpaired) electrons. The molecule has 0 spiro atoms. The number of anilines is 6. The van der Waals surface area contributed by atoms with Gasteiger partial charge in [-0.05, 0) is 144 Å². The van der Waals surface area contributed by atoms with Crippen molar-refractivity contribution >= 4 is 34.1 Å². The molecule has 17 rings (SSSR count). The van der Waals surface area contributed by atoms with Crippen molar-refractivity contribution in [1.29, 1.82) is 0 Å². The van der Waals surface area contributed by atoms with Crippen LogP contribution in [0.4, 0.5) is 34.1 Å². The fourth-order valence-electron chi connectivity index (χ4n) is 14.7. The summed E-state index contributed by atoms with van der Waals surface area (Å²) in [5.74, 6) is 4.41. The van der Waals surface area contributed by atoms with Crippen LogP contribution in [0.2, 0.25) is 0 Å². The minimum Gasteiger partial charge on any atom is -0.457 e. The molecule has 112 heavy (non-hydrogen) atoms. The predicted octanol–water partition coefficient (Wildman–Crippen LogP) is 30.4. The highest BCUT2D eigenvalue weighted by Gasteiger charge is 2.30. The van der Waals surface area contributed by atoms with Gasteiger partial charge in [0.2, 0.25) is 0 Å². The standard InChI is InChI=1S/C106H80N2O4/c1-106(2,3)87-66-89(107(88-50-28-48-85(64-88)77-36-16-6-17-37-77)104-100(81-40-20-8-21-41-81)52-30-53-101(104)82-42-22-9-23-43-82)68-90(67-87)108(105-102(83-44-24-10-25-45-83)54-31-55-103(105)84-46-26-11-27-47-84)91-69-95(111-94-51-29-49-86(65-94)78-38-18-7-19-39-78)71-96(70-91)112-99-73-97(109-92-60-56-79(57-61-92)75-32-12-4-13-33-75)72-98(74-99)110-93-62-58-80(59-63-93)76-34-14-5-15-35-76/h4-74H,1-3H3. The van der Waals surface area contributed by atoms with Crippen LogP contribution in [0.25, 0.3) is 89.0 Å². The molecular weight excluding hydrogens is 1370 g/mol. The van der Waals surface area contributed by atoms with E-state index in [1.54, 1.807) is 0 Å². The van der Waals surface area contributed by atoms with Gasteiger partial charge in [-0.1, -0.05) is 348 Å². The van der Waals surface area contributed by atoms with E-state index >= 15 is 0 Å². The Bertz CT molecular complexity index is 5840. The van der Waals surface area contributed by atoms with Crippen molar-refractivity contribution in [2.45, 2.75) is 26.2 Å². The Morgan fingerprint density at radius 2 is 0.429 bits per heavy atom. The fraction of sp³-hybridized carbons (Fsp3) is 0.0377. The average Bonchev–Trinajstić information content (AvgIpc) is 0.743. The molecule has 0 fully saturated rings. The van der Waals surface area contributed by atoms with Gasteiger partial charge in [0.1, 0.15) is 46.0 Å². The van der Waals surface area contributed by atoms with Gasteiger partial charge in [-0.25, -0.2) is 0 Å². The maximum absolute atomic E-state index is 7.49. The Labute approximate surface area is 656 Å². The lowest BCUT2D eigenvalue weighted by Crippen LogP contribution is -2.19. The van der Waals surface area contributed by atoms with E-state index in [1.807, 2.05) is 78.9 Å². The van der Waals surface area contributed by atoms with Gasteiger partial charge in [0.05, 0.1) is 17.1 Å². The summed E-state index contributed by atoms with van der Waals surface area (Å²) >= 11 is 0. The normalized spacial score (nSPS) is 11.2. The number of nitrogens with zero attached hydrogens (tertiary/aromatic N) is 2. The van der Waals surface area contributed by atoms with Crippen LogP contribution in [-0.2, 0) is 5.41 Å². The summed E-state index contributed by atoms with van der Waals surface area (Å²) in [4.78, 5) is 4.92. The number of ether oxygens (including phenoxy) is 4. The number of benzene rings is 17. The largest absolute Gasteiger partial charge is 0.457 e. The van der Waals surface area contributed by atoms with Gasteiger partial charge in [-0.3, -0.25) is 0 Å². The zero-order valence-corrected chi connectivity index (χ0v) is 62.5. The minimum atomic E-state index is -0.417. The summed E-state index contributed by atoms with van der Waals surface area (Å²) in [7, 11) is 0. The zero-order valence-electron chi connectivity index (χ0n) is 62.5. The summed E-state index contributed by atoms with van der Waals surface area (Å²) < 4.78 is 28.6. The third kappa shape index (κ3) is 15.9. The first kappa shape index (κ1) is 70.5. The van der Waals surface area contributed by atoms with E-state index in [0.717, 1.165) is 129 Å². The van der Waals surface area contributed by atoms with Crippen LogP contribution in [0.5, 0.6) is 46.0 Å². The van der Waals surface area contributed by atoms with Gasteiger partial charge in [0, 0.05) is 75.7 Å². The maximum Gasteiger partial charge on any atom is 0.134 e. The molecule has 0 aromatic heterocycles. The molecular formula is C106H80N2O4. The van der Waals surface area contributed by atoms with E-state index in [4.69, 9.17) is 18.9 Å². The summed E-state index contributed by atoms with van der Waals surface area (Å²) in [5.41, 5.74) is 23.2. The SMILES string of the molecule is CC(C)(C)c1cc(N(c2cc(Oc3cc(Oc4ccc(-c5ccccc5)cc4)cc(Oc4ccc(-c5ccccc5)cc4)c3)cc(Oc3cccc(-c4ccccc4)c3)c2)c2c(-c3ccccc3)cccc2-c2ccccc2)cc(N(c2cccc(-c3ccccc3)c2)c2c(-c3ccccc3)cccc2-c2ccccc2)c1. The summed E-state index contributed by atoms with van der Waals surface area (Å²) in [6.45, 7) is 6.92. The second-order valence-corrected chi connectivity index (χ2v) is 28.8. The molecule has 0 saturated heterocycles. The first-order valence-corrected chi connectivity index (χ1v) is 38.0. The van der Waals surface area contributed by atoms with Crippen LogP contribution >= 0.6 is 0 Å². The third-order valence-electron chi connectivity index (χ3n) is 20.1. The Balaban J connectivity index is 0.914. The summed E-state index contributed by atoms with van der Waals surface area (Å²) in [6.07, 6.45) is 0. The Morgan fingerprint density at radius 1 is 0.170 bits per heavy atom. The van der Waals surface area contributed by atoms with Gasteiger partial charge in [0.15, 0.2) is 0 Å². The minimum absolute atomic E-state index is 0.417. The number of hydrogen-bond donors (Lipinski definition) is 0. The molecule has 0 saturated carbocycles. The highest BCUT2D eigenvalue weighted by atomic mass is 16.5. The first-order chi connectivity index (χ1) is 55.1. The van der Waals surface area contributed by atoms with Gasteiger partial charge in [0.25, 0.3) is 0 Å². The van der Waals surface area contributed by atoms with Crippen molar-refractivity contribution in [1.82, 2.24) is 0 Å². The smallest absolute Gasteiger partial charge is 0.134 e. The van der Waals surface area contributed by atoms with E-state index in [9.17, 15) is 0 Å². The topological polar surface area (TPSA) is 43.4 Å². The van der Waals surface area contributed by atoms with E-state index in [1.165, 1.54) is 0 Å². The van der Waals surface area contributed by atoms with Crippen molar-refractivity contribution in [2.24, 2.45) is 0 Å². The summed E-state index contributed by atoms with van der Waals surface area (Å²) in [5, 5.41) is 0. The second-order valence-electron chi connectivity index (χ2n) is 28.8. The molecule has 0 bridgehead atoms. The molecule has 6 nitrogen and oxygen atoms in total. The number of hydrogen-bond acceptors (Lipinski definition) is 6. The van der Waals surface area contributed by atoms with Crippen LogP contribution in [0.3, 0.4) is 0 Å². The molecule has 17 aromatic rings. The lowest BCUT2D eigenvalue weighted by atomic mass is 9.85. The lowest BCUT2D eigenvalue weighted by Gasteiger charge is -2.35. The van der Waals surface area contributed by atoms with Crippen LogP contribution < -0.4 is 28.7 Å². The van der Waals surface area contributed by atoms with Crippen molar-refractivity contribution in [2.75, 3.05) is 9.80 Å². The van der Waals surface area contributed by atoms with Crippen molar-refractivity contribution in [3.05, 3.63) is 436 Å². The van der Waals surface area contributed by atoms with E-state index in [2.05, 4.69) is 382 Å². The Morgan fingerprint density at radius 3 is 0.786 bits per heavy atom. The van der Waals surface area contributed by atoms with E-state index in [0.29, 0.717) is 46.0 Å². The Hall–Kier alpha value is -14.5. The van der Waals surface area contributed by atoms with Gasteiger partial charge in [-0.2, -0.15) is 0 Å². The molecule has 0 N–H and O–H groups in total. The van der Waals surface area contributed by atoms with Crippen molar-refractivity contribution < 1.29 is 18.9 Å². The predicted molar refractivity (Wildman–Crippen MR) is 464 cm³/mol. The molecule has 0 aliphatic heterocycles. The molecule has 0 aliphatic carbocycles. The van der Waals surface area contributed by atoms with Crippen LogP contribution in [-0.4, -0.2) is 0 Å². The van der Waals surface area contributed by atoms with Crippen molar-refractivity contribution in [3.63, 3.8) is 0 Å². The lowest BCUT2D eigenvalue weighted by molar-refractivity contribution is 0.436. The van der Waals surface area contributed by atoms with Crippen LogP contribution in [0.15, 0.2) is 431 Å². The molecule has 6 heteroatoms. The Kier molecular flexibility index (Phi) is 20.2. The van der Waals surface area contributed by atoms with E-state index < -0.39 is 5.41 Å². The maximum atomic E-state index is 7.49. The van der Waals surface area contributed by atoms with Crippen molar-refractivity contribution in [3.8, 4) is 135 Å². The molecule has 0 atom stereocenters. The fourth-order valence-corrected chi connectivity index (χ4v) is 14.7. The quantitative estimate of drug-likeness (QED) is 0.0674. The molecule has 17 aromatic carbocycles. The highest BCUT2D eigenvalue weighted by molar-refractivity contribution is 6.01. The zero-order chi connectivity index (χ0) is 75.6. The van der Waals surface area contributed by atoms with Gasteiger partial charge < -0.3 is 28.7 Å². The number of para-hydroxylation sites is 2. The van der Waals surface area contributed by atoms with Gasteiger partial charge >= 0.3 is 0 Å².